The van der Waals surface area contributed by atoms with Crippen molar-refractivity contribution in [1.29, 1.82) is 0 Å². The van der Waals surface area contributed by atoms with Crippen LogP contribution in [-0.4, -0.2) is 60.6 Å². The van der Waals surface area contributed by atoms with Crippen LogP contribution in [0.1, 0.15) is 43.0 Å². The normalized spacial score (nSPS) is 28.6. The van der Waals surface area contributed by atoms with Gasteiger partial charge in [0.2, 0.25) is 12.7 Å². The van der Waals surface area contributed by atoms with Crippen molar-refractivity contribution >= 4 is 17.6 Å². The second-order valence-electron chi connectivity index (χ2n) is 8.72. The van der Waals surface area contributed by atoms with Crippen molar-refractivity contribution < 1.29 is 28.6 Å². The van der Waals surface area contributed by atoms with E-state index in [1.165, 1.54) is 0 Å². The number of carbonyl (C=O) groups is 3. The maximum absolute atomic E-state index is 13.6. The maximum Gasteiger partial charge on any atom is 0.252 e. The van der Waals surface area contributed by atoms with Crippen molar-refractivity contribution in [3.63, 3.8) is 0 Å². The van der Waals surface area contributed by atoms with Gasteiger partial charge in [-0.3, -0.25) is 14.4 Å². The summed E-state index contributed by atoms with van der Waals surface area (Å²) < 4.78 is 16.3. The summed E-state index contributed by atoms with van der Waals surface area (Å²) in [5.41, 5.74) is 0.419. The van der Waals surface area contributed by atoms with Gasteiger partial charge in [0, 0.05) is 18.0 Å². The second-order valence-corrected chi connectivity index (χ2v) is 8.72. The number of likely N-dealkylation sites (tertiary alicyclic amines) is 1. The van der Waals surface area contributed by atoms with E-state index >= 15 is 0 Å². The number of carbonyl (C=O) groups excluding carboxylic acids is 3. The molecule has 3 heterocycles. The molecule has 3 fully saturated rings. The molecule has 0 spiro atoms. The standard InChI is InChI=1S/C22H26N2O6/c1-12-9-24(19-15(25)10-28-20(12)19)22(27)18(13-4-2-3-5-13)23-21(26)14-6-7-16-17(8-14)30-11-29-16/h6-8,12-13,18-20H,2-5,9-11H2,1H3,(H,23,26)/t12-,18+,19-,20-/m1/s1. The number of nitrogens with zero attached hydrogens (tertiary/aromatic N) is 1. The third-order valence-corrected chi connectivity index (χ3v) is 6.78. The van der Waals surface area contributed by atoms with Crippen LogP contribution in [0.2, 0.25) is 0 Å². The highest BCUT2D eigenvalue weighted by Crippen LogP contribution is 2.35. The third kappa shape index (κ3) is 3.23. The molecule has 30 heavy (non-hydrogen) atoms. The Hall–Kier alpha value is -2.61. The largest absolute Gasteiger partial charge is 0.454 e. The quantitative estimate of drug-likeness (QED) is 0.803. The van der Waals surface area contributed by atoms with Crippen LogP contribution in [0.5, 0.6) is 11.5 Å². The van der Waals surface area contributed by atoms with Crippen LogP contribution in [0.4, 0.5) is 0 Å². The first kappa shape index (κ1) is 19.4. The van der Waals surface area contributed by atoms with Crippen LogP contribution in [0.3, 0.4) is 0 Å². The molecule has 2 saturated heterocycles. The van der Waals surface area contributed by atoms with Crippen LogP contribution in [-0.2, 0) is 14.3 Å². The Morgan fingerprint density at radius 2 is 1.93 bits per heavy atom. The molecule has 160 valence electrons. The first-order chi connectivity index (χ1) is 14.5. The fraction of sp³-hybridized carbons (Fsp3) is 0.591. The van der Waals surface area contributed by atoms with E-state index in [9.17, 15) is 14.4 Å². The molecule has 4 aliphatic rings. The van der Waals surface area contributed by atoms with Gasteiger partial charge in [-0.25, -0.2) is 0 Å². The Morgan fingerprint density at radius 3 is 2.73 bits per heavy atom. The second kappa shape index (κ2) is 7.58. The summed E-state index contributed by atoms with van der Waals surface area (Å²) in [4.78, 5) is 40.6. The molecule has 1 aromatic rings. The summed E-state index contributed by atoms with van der Waals surface area (Å²) in [6.07, 6.45) is 3.62. The number of hydrogen-bond acceptors (Lipinski definition) is 6. The van der Waals surface area contributed by atoms with E-state index in [4.69, 9.17) is 14.2 Å². The molecule has 0 aromatic heterocycles. The molecule has 3 aliphatic heterocycles. The molecule has 5 rings (SSSR count). The highest BCUT2D eigenvalue weighted by molar-refractivity contribution is 5.99. The minimum Gasteiger partial charge on any atom is -0.454 e. The molecule has 1 aliphatic carbocycles. The van der Waals surface area contributed by atoms with E-state index in [0.717, 1.165) is 25.7 Å². The molecule has 0 unspecified atom stereocenters. The number of benzene rings is 1. The van der Waals surface area contributed by atoms with Gasteiger partial charge in [-0.2, -0.15) is 0 Å². The summed E-state index contributed by atoms with van der Waals surface area (Å²) >= 11 is 0. The van der Waals surface area contributed by atoms with E-state index < -0.39 is 12.1 Å². The van der Waals surface area contributed by atoms with E-state index in [0.29, 0.717) is 23.6 Å². The number of fused-ring (bicyclic) bond motifs is 2. The molecule has 1 N–H and O–H groups in total. The Kier molecular flexibility index (Phi) is 4.89. The van der Waals surface area contributed by atoms with Crippen molar-refractivity contribution in [3.05, 3.63) is 23.8 Å². The van der Waals surface area contributed by atoms with Crippen molar-refractivity contribution in [3.8, 4) is 11.5 Å². The molecule has 0 radical (unpaired) electrons. The predicted molar refractivity (Wildman–Crippen MR) is 105 cm³/mol. The van der Waals surface area contributed by atoms with E-state index in [2.05, 4.69) is 5.32 Å². The molecule has 8 nitrogen and oxygen atoms in total. The first-order valence-electron chi connectivity index (χ1n) is 10.7. The summed E-state index contributed by atoms with van der Waals surface area (Å²) in [7, 11) is 0. The third-order valence-electron chi connectivity index (χ3n) is 6.78. The van der Waals surface area contributed by atoms with E-state index in [1.54, 1.807) is 23.1 Å². The maximum atomic E-state index is 13.6. The lowest BCUT2D eigenvalue weighted by atomic mass is 9.95. The minimum absolute atomic E-state index is 0.0510. The lowest BCUT2D eigenvalue weighted by Gasteiger charge is -2.30. The Morgan fingerprint density at radius 1 is 1.17 bits per heavy atom. The summed E-state index contributed by atoms with van der Waals surface area (Å²) in [5.74, 6) is 0.750. The topological polar surface area (TPSA) is 94.2 Å². The van der Waals surface area contributed by atoms with Crippen LogP contribution >= 0.6 is 0 Å². The molecule has 0 bridgehead atoms. The summed E-state index contributed by atoms with van der Waals surface area (Å²) in [5, 5.41) is 2.97. The smallest absolute Gasteiger partial charge is 0.252 e. The minimum atomic E-state index is -0.648. The SMILES string of the molecule is C[C@@H]1CN(C(=O)[C@@H](NC(=O)c2ccc3c(c2)OCO3)C2CCCC2)[C@@H]2C(=O)CO[C@H]12. The van der Waals surface area contributed by atoms with Gasteiger partial charge in [0.05, 0.1) is 6.10 Å². The van der Waals surface area contributed by atoms with Crippen molar-refractivity contribution in [1.82, 2.24) is 10.2 Å². The predicted octanol–water partition coefficient (Wildman–Crippen LogP) is 1.52. The van der Waals surface area contributed by atoms with Crippen molar-refractivity contribution in [2.75, 3.05) is 19.9 Å². The number of ether oxygens (including phenoxy) is 3. The average molecular weight is 414 g/mol. The van der Waals surface area contributed by atoms with Crippen LogP contribution in [0, 0.1) is 11.8 Å². The van der Waals surface area contributed by atoms with Crippen LogP contribution in [0.15, 0.2) is 18.2 Å². The lowest BCUT2D eigenvalue weighted by Crippen LogP contribution is -2.54. The molecular weight excluding hydrogens is 388 g/mol. The van der Waals surface area contributed by atoms with Gasteiger partial charge in [-0.05, 0) is 37.0 Å². The zero-order valence-electron chi connectivity index (χ0n) is 17.0. The zero-order chi connectivity index (χ0) is 20.8. The van der Waals surface area contributed by atoms with Crippen LogP contribution in [0.25, 0.3) is 0 Å². The molecule has 8 heteroatoms. The number of amides is 2. The lowest BCUT2D eigenvalue weighted by molar-refractivity contribution is -0.139. The fourth-order valence-corrected chi connectivity index (χ4v) is 5.23. The fourth-order valence-electron chi connectivity index (χ4n) is 5.23. The van der Waals surface area contributed by atoms with Crippen LogP contribution < -0.4 is 14.8 Å². The highest BCUT2D eigenvalue weighted by atomic mass is 16.7. The number of rotatable bonds is 4. The first-order valence-corrected chi connectivity index (χ1v) is 10.7. The number of Topliss-reactive ketones (excluding diaryl/α,β-unsaturated/α-hetero) is 1. The van der Waals surface area contributed by atoms with E-state index in [1.807, 2.05) is 6.92 Å². The molecule has 2 amide bonds. The van der Waals surface area contributed by atoms with Gasteiger partial charge < -0.3 is 24.4 Å². The number of hydrogen-bond donors (Lipinski definition) is 1. The Bertz CT molecular complexity index is 880. The van der Waals surface area contributed by atoms with Gasteiger partial charge in [0.15, 0.2) is 17.3 Å². The van der Waals surface area contributed by atoms with Crippen molar-refractivity contribution in [2.24, 2.45) is 11.8 Å². The van der Waals surface area contributed by atoms with Gasteiger partial charge in [-0.15, -0.1) is 0 Å². The molecule has 1 aromatic carbocycles. The van der Waals surface area contributed by atoms with Gasteiger partial charge in [0.25, 0.3) is 5.91 Å². The molecule has 4 atom stereocenters. The molecule has 1 saturated carbocycles. The highest BCUT2D eigenvalue weighted by Gasteiger charge is 2.52. The molecular formula is C22H26N2O6. The number of ketones is 1. The zero-order valence-corrected chi connectivity index (χ0v) is 17.0. The Balaban J connectivity index is 1.38. The van der Waals surface area contributed by atoms with Gasteiger partial charge >= 0.3 is 0 Å². The monoisotopic (exact) mass is 414 g/mol. The number of nitrogens with one attached hydrogen (secondary N) is 1. The summed E-state index contributed by atoms with van der Waals surface area (Å²) in [6.45, 7) is 2.67. The van der Waals surface area contributed by atoms with E-state index in [-0.39, 0.29) is 48.9 Å². The van der Waals surface area contributed by atoms with Crippen molar-refractivity contribution in [2.45, 2.75) is 50.8 Å². The van der Waals surface area contributed by atoms with Gasteiger partial charge in [-0.1, -0.05) is 19.8 Å². The summed E-state index contributed by atoms with van der Waals surface area (Å²) in [6, 6.07) is 3.83. The average Bonchev–Trinajstić information content (AvgIpc) is 3.52. The Labute approximate surface area is 174 Å². The van der Waals surface area contributed by atoms with Gasteiger partial charge in [0.1, 0.15) is 18.7 Å².